The van der Waals surface area contributed by atoms with Gasteiger partial charge >= 0.3 is 0 Å². The number of halogens is 3. The number of rotatable bonds is 6. The summed E-state index contributed by atoms with van der Waals surface area (Å²) in [5, 5.41) is 0. The summed E-state index contributed by atoms with van der Waals surface area (Å²) in [6.07, 6.45) is -0.0820. The third-order valence-electron chi connectivity index (χ3n) is 3.92. The molecule has 0 aromatic heterocycles. The van der Waals surface area contributed by atoms with Gasteiger partial charge in [0.1, 0.15) is 0 Å². The van der Waals surface area contributed by atoms with Crippen LogP contribution in [0.3, 0.4) is 0 Å². The van der Waals surface area contributed by atoms with Crippen LogP contribution in [0.4, 0.5) is 18.9 Å². The Morgan fingerprint density at radius 3 is 2.23 bits per heavy atom. The first-order valence-corrected chi connectivity index (χ1v) is 8.00. The van der Waals surface area contributed by atoms with Crippen molar-refractivity contribution in [2.24, 2.45) is 0 Å². The largest absolute Gasteiger partial charge is 0.341 e. The van der Waals surface area contributed by atoms with Gasteiger partial charge in [0.2, 0.25) is 11.8 Å². The number of amides is 2. The summed E-state index contributed by atoms with van der Waals surface area (Å²) in [5.74, 6) is -5.28. The highest BCUT2D eigenvalue weighted by Gasteiger charge is 2.22. The number of hydrogen-bond donors (Lipinski definition) is 0. The molecule has 0 saturated carbocycles. The van der Waals surface area contributed by atoms with Gasteiger partial charge in [-0.25, -0.2) is 13.2 Å². The zero-order chi connectivity index (χ0) is 19.3. The predicted octanol–water partition coefficient (Wildman–Crippen LogP) is 3.51. The summed E-state index contributed by atoms with van der Waals surface area (Å²) in [4.78, 5) is 26.5. The van der Waals surface area contributed by atoms with Gasteiger partial charge in [-0.2, -0.15) is 0 Å². The minimum absolute atomic E-state index is 0.0820. The Kier molecular flexibility index (Phi) is 6.38. The standard InChI is InChI=1S/C19H19F3N2O2/c1-13(25)24(16-9-8-15(20)18(21)19(16)22)11-10-17(26)23(2)12-14-6-4-3-5-7-14/h3-9H,10-12H2,1-2H3. The maximum atomic E-state index is 13.9. The van der Waals surface area contributed by atoms with E-state index in [-0.39, 0.29) is 18.9 Å². The van der Waals surface area contributed by atoms with Crippen LogP contribution in [0, 0.1) is 17.5 Å². The molecule has 0 saturated heterocycles. The van der Waals surface area contributed by atoms with Crippen LogP contribution in [0.25, 0.3) is 0 Å². The summed E-state index contributed by atoms with van der Waals surface area (Å²) in [7, 11) is 1.62. The Labute approximate surface area is 149 Å². The monoisotopic (exact) mass is 364 g/mol. The topological polar surface area (TPSA) is 40.6 Å². The highest BCUT2D eigenvalue weighted by molar-refractivity contribution is 5.92. The maximum Gasteiger partial charge on any atom is 0.224 e. The Morgan fingerprint density at radius 2 is 1.62 bits per heavy atom. The molecule has 2 aromatic carbocycles. The molecule has 0 aliphatic heterocycles. The molecule has 0 atom stereocenters. The molecule has 138 valence electrons. The van der Waals surface area contributed by atoms with Gasteiger partial charge in [0.15, 0.2) is 17.5 Å². The van der Waals surface area contributed by atoms with E-state index >= 15 is 0 Å². The third kappa shape index (κ3) is 4.62. The van der Waals surface area contributed by atoms with Gasteiger partial charge in [-0.3, -0.25) is 9.59 Å². The van der Waals surface area contributed by atoms with Crippen molar-refractivity contribution in [2.75, 3.05) is 18.5 Å². The number of nitrogens with zero attached hydrogens (tertiary/aromatic N) is 2. The number of hydrogen-bond acceptors (Lipinski definition) is 2. The fourth-order valence-electron chi connectivity index (χ4n) is 2.52. The lowest BCUT2D eigenvalue weighted by atomic mass is 10.2. The average Bonchev–Trinajstić information content (AvgIpc) is 2.62. The van der Waals surface area contributed by atoms with Crippen molar-refractivity contribution in [3.05, 3.63) is 65.5 Å². The SMILES string of the molecule is CC(=O)N(CCC(=O)N(C)Cc1ccccc1)c1ccc(F)c(F)c1F. The second kappa shape index (κ2) is 8.51. The molecule has 0 N–H and O–H groups in total. The molecule has 0 spiro atoms. The number of anilines is 1. The average molecular weight is 364 g/mol. The van der Waals surface area contributed by atoms with E-state index in [1.165, 1.54) is 11.8 Å². The van der Waals surface area contributed by atoms with Gasteiger partial charge < -0.3 is 9.80 Å². The first kappa shape index (κ1) is 19.5. The number of benzene rings is 2. The van der Waals surface area contributed by atoms with Gasteiger partial charge in [0, 0.05) is 33.5 Å². The molecule has 0 aliphatic carbocycles. The van der Waals surface area contributed by atoms with E-state index in [0.717, 1.165) is 22.6 Å². The quantitative estimate of drug-likeness (QED) is 0.736. The van der Waals surface area contributed by atoms with Crippen molar-refractivity contribution >= 4 is 17.5 Å². The molecule has 0 unspecified atom stereocenters. The van der Waals surface area contributed by atoms with E-state index in [2.05, 4.69) is 0 Å². The second-order valence-corrected chi connectivity index (χ2v) is 5.85. The van der Waals surface area contributed by atoms with E-state index in [0.29, 0.717) is 6.54 Å². The molecular weight excluding hydrogens is 345 g/mol. The molecule has 2 rings (SSSR count). The van der Waals surface area contributed by atoms with Gasteiger partial charge in [0.25, 0.3) is 0 Å². The molecule has 0 fully saturated rings. The minimum Gasteiger partial charge on any atom is -0.341 e. The lowest BCUT2D eigenvalue weighted by Crippen LogP contribution is -2.35. The van der Waals surface area contributed by atoms with Crippen molar-refractivity contribution < 1.29 is 22.8 Å². The van der Waals surface area contributed by atoms with Crippen LogP contribution < -0.4 is 4.90 Å². The third-order valence-corrected chi connectivity index (χ3v) is 3.92. The van der Waals surface area contributed by atoms with Crippen LogP contribution in [0.15, 0.2) is 42.5 Å². The van der Waals surface area contributed by atoms with Crippen LogP contribution in [0.1, 0.15) is 18.9 Å². The molecule has 4 nitrogen and oxygen atoms in total. The fourth-order valence-corrected chi connectivity index (χ4v) is 2.52. The highest BCUT2D eigenvalue weighted by atomic mass is 19.2. The molecule has 0 radical (unpaired) electrons. The van der Waals surface area contributed by atoms with Crippen molar-refractivity contribution in [3.63, 3.8) is 0 Å². The van der Waals surface area contributed by atoms with E-state index in [1.54, 1.807) is 7.05 Å². The van der Waals surface area contributed by atoms with E-state index < -0.39 is 29.0 Å². The summed E-state index contributed by atoms with van der Waals surface area (Å²) in [6.45, 7) is 1.41. The first-order valence-electron chi connectivity index (χ1n) is 8.00. The normalized spacial score (nSPS) is 10.5. The van der Waals surface area contributed by atoms with Crippen LogP contribution in [0.2, 0.25) is 0 Å². The molecule has 0 bridgehead atoms. The Morgan fingerprint density at radius 1 is 0.962 bits per heavy atom. The van der Waals surface area contributed by atoms with Crippen molar-refractivity contribution in [1.29, 1.82) is 0 Å². The van der Waals surface area contributed by atoms with Crippen LogP contribution in [0.5, 0.6) is 0 Å². The zero-order valence-electron chi connectivity index (χ0n) is 14.5. The Hall–Kier alpha value is -2.83. The van der Waals surface area contributed by atoms with Crippen LogP contribution in [-0.4, -0.2) is 30.3 Å². The van der Waals surface area contributed by atoms with Gasteiger partial charge in [-0.15, -0.1) is 0 Å². The summed E-state index contributed by atoms with van der Waals surface area (Å²) in [5.41, 5.74) is 0.549. The zero-order valence-corrected chi connectivity index (χ0v) is 14.5. The smallest absolute Gasteiger partial charge is 0.224 e. The second-order valence-electron chi connectivity index (χ2n) is 5.85. The first-order chi connectivity index (χ1) is 12.3. The van der Waals surface area contributed by atoms with Gasteiger partial charge in [-0.05, 0) is 17.7 Å². The highest BCUT2D eigenvalue weighted by Crippen LogP contribution is 2.24. The molecule has 0 aliphatic rings. The molecular formula is C19H19F3N2O2. The van der Waals surface area contributed by atoms with E-state index in [4.69, 9.17) is 0 Å². The van der Waals surface area contributed by atoms with Crippen LogP contribution in [-0.2, 0) is 16.1 Å². The van der Waals surface area contributed by atoms with Crippen LogP contribution >= 0.6 is 0 Å². The Bertz CT molecular complexity index is 797. The minimum atomic E-state index is -1.65. The summed E-state index contributed by atoms with van der Waals surface area (Å²) >= 11 is 0. The summed E-state index contributed by atoms with van der Waals surface area (Å²) in [6, 6.07) is 11.1. The maximum absolute atomic E-state index is 13.9. The van der Waals surface area contributed by atoms with Crippen molar-refractivity contribution in [1.82, 2.24) is 4.90 Å². The Balaban J connectivity index is 2.06. The molecule has 2 amide bonds. The van der Waals surface area contributed by atoms with Crippen molar-refractivity contribution in [3.8, 4) is 0 Å². The molecule has 7 heteroatoms. The molecule has 2 aromatic rings. The van der Waals surface area contributed by atoms with E-state index in [1.807, 2.05) is 30.3 Å². The van der Waals surface area contributed by atoms with Gasteiger partial charge in [0.05, 0.1) is 5.69 Å². The molecule has 26 heavy (non-hydrogen) atoms. The van der Waals surface area contributed by atoms with Crippen molar-refractivity contribution in [2.45, 2.75) is 19.9 Å². The fraction of sp³-hybridized carbons (Fsp3) is 0.263. The van der Waals surface area contributed by atoms with E-state index in [9.17, 15) is 22.8 Å². The summed E-state index contributed by atoms with van der Waals surface area (Å²) < 4.78 is 40.4. The predicted molar refractivity (Wildman–Crippen MR) is 91.9 cm³/mol. The lowest BCUT2D eigenvalue weighted by molar-refractivity contribution is -0.130. The van der Waals surface area contributed by atoms with Gasteiger partial charge in [-0.1, -0.05) is 30.3 Å². The number of carbonyl (C=O) groups is 2. The lowest BCUT2D eigenvalue weighted by Gasteiger charge is -2.23. The molecule has 0 heterocycles. The number of carbonyl (C=O) groups excluding carboxylic acids is 2.